The number of aryl methyl sites for hydroxylation is 1. The number of rotatable bonds is 3. The van der Waals surface area contributed by atoms with E-state index in [0.29, 0.717) is 12.1 Å². The van der Waals surface area contributed by atoms with Crippen molar-refractivity contribution < 1.29 is 0 Å². The highest BCUT2D eigenvalue weighted by Gasteiger charge is 2.26. The van der Waals surface area contributed by atoms with Crippen LogP contribution in [0.5, 0.6) is 0 Å². The molecule has 1 aromatic carbocycles. The maximum atomic E-state index is 12.4. The molecular weight excluding hydrogens is 328 g/mol. The van der Waals surface area contributed by atoms with Gasteiger partial charge in [-0.1, -0.05) is 29.8 Å². The SMILES string of the molecule is Cn1cc(CN2CCNCC2c2ccccc2Cl)c(=O)n(C)c1=O. The molecule has 1 N–H and O–H groups in total. The Balaban J connectivity index is 1.95. The normalized spacial score (nSPS) is 18.7. The summed E-state index contributed by atoms with van der Waals surface area (Å²) in [5.74, 6) is 0. The van der Waals surface area contributed by atoms with E-state index in [9.17, 15) is 9.59 Å². The van der Waals surface area contributed by atoms with Crippen LogP contribution in [0.15, 0.2) is 40.1 Å². The van der Waals surface area contributed by atoms with Crippen LogP contribution in [0.25, 0.3) is 0 Å². The molecule has 0 radical (unpaired) electrons. The van der Waals surface area contributed by atoms with Gasteiger partial charge >= 0.3 is 5.69 Å². The lowest BCUT2D eigenvalue weighted by Crippen LogP contribution is -2.47. The fourth-order valence-electron chi connectivity index (χ4n) is 3.20. The van der Waals surface area contributed by atoms with E-state index in [1.807, 2.05) is 24.3 Å². The van der Waals surface area contributed by atoms with Crippen molar-refractivity contribution >= 4 is 11.6 Å². The summed E-state index contributed by atoms with van der Waals surface area (Å²) in [5, 5.41) is 4.11. The number of piperazine rings is 1. The van der Waals surface area contributed by atoms with E-state index in [-0.39, 0.29) is 17.3 Å². The van der Waals surface area contributed by atoms with E-state index in [1.165, 1.54) is 11.6 Å². The first-order chi connectivity index (χ1) is 11.5. The molecule has 0 spiro atoms. The second kappa shape index (κ2) is 6.93. The van der Waals surface area contributed by atoms with Crippen LogP contribution in [0.1, 0.15) is 17.2 Å². The zero-order chi connectivity index (χ0) is 17.3. The van der Waals surface area contributed by atoms with E-state index < -0.39 is 0 Å². The van der Waals surface area contributed by atoms with Crippen LogP contribution in [0, 0.1) is 0 Å². The molecule has 0 amide bonds. The standard InChI is InChI=1S/C17H21ClN4O2/c1-20-10-12(16(23)21(2)17(20)24)11-22-8-7-19-9-15(22)13-5-3-4-6-14(13)18/h3-6,10,15,19H,7-9,11H2,1-2H3. The van der Waals surface area contributed by atoms with Gasteiger partial charge in [0, 0.05) is 63.1 Å². The van der Waals surface area contributed by atoms with Crippen molar-refractivity contribution in [3.63, 3.8) is 0 Å². The van der Waals surface area contributed by atoms with Crippen LogP contribution in [0.4, 0.5) is 0 Å². The van der Waals surface area contributed by atoms with Crippen molar-refractivity contribution in [3.05, 3.63) is 67.4 Å². The number of hydrogen-bond donors (Lipinski definition) is 1. The predicted molar refractivity (Wildman–Crippen MR) is 94.4 cm³/mol. The van der Waals surface area contributed by atoms with Gasteiger partial charge in [-0.25, -0.2) is 4.79 Å². The highest BCUT2D eigenvalue weighted by Crippen LogP contribution is 2.29. The van der Waals surface area contributed by atoms with Crippen LogP contribution < -0.4 is 16.6 Å². The summed E-state index contributed by atoms with van der Waals surface area (Å²) in [6.45, 7) is 2.92. The number of hydrogen-bond acceptors (Lipinski definition) is 4. The quantitative estimate of drug-likeness (QED) is 0.894. The second-order valence-electron chi connectivity index (χ2n) is 6.12. The summed E-state index contributed by atoms with van der Waals surface area (Å²) in [6.07, 6.45) is 1.64. The first-order valence-electron chi connectivity index (χ1n) is 7.93. The zero-order valence-corrected chi connectivity index (χ0v) is 14.6. The number of halogens is 1. The van der Waals surface area contributed by atoms with Crippen molar-refractivity contribution in [2.75, 3.05) is 19.6 Å². The van der Waals surface area contributed by atoms with Gasteiger partial charge in [0.2, 0.25) is 0 Å². The minimum atomic E-state index is -0.313. The molecule has 1 aliphatic rings. The molecule has 128 valence electrons. The topological polar surface area (TPSA) is 59.3 Å². The predicted octanol–water partition coefficient (Wildman–Crippen LogP) is 0.884. The van der Waals surface area contributed by atoms with Gasteiger partial charge in [0.25, 0.3) is 5.56 Å². The third kappa shape index (κ3) is 3.17. The Bertz CT molecular complexity index is 858. The van der Waals surface area contributed by atoms with Crippen LogP contribution in [-0.4, -0.2) is 33.7 Å². The first-order valence-corrected chi connectivity index (χ1v) is 8.31. The van der Waals surface area contributed by atoms with Crippen molar-refractivity contribution in [1.82, 2.24) is 19.4 Å². The molecule has 24 heavy (non-hydrogen) atoms. The van der Waals surface area contributed by atoms with E-state index in [2.05, 4.69) is 10.2 Å². The molecule has 0 aliphatic carbocycles. The number of benzene rings is 1. The molecule has 1 atom stereocenters. The first kappa shape index (κ1) is 17.0. The lowest BCUT2D eigenvalue weighted by molar-refractivity contribution is 0.152. The van der Waals surface area contributed by atoms with Gasteiger partial charge in [0.15, 0.2) is 0 Å². The van der Waals surface area contributed by atoms with Crippen molar-refractivity contribution in [2.24, 2.45) is 14.1 Å². The molecule has 7 heteroatoms. The summed E-state index contributed by atoms with van der Waals surface area (Å²) in [4.78, 5) is 26.5. The Morgan fingerprint density at radius 1 is 1.25 bits per heavy atom. The molecule has 1 saturated heterocycles. The minimum absolute atomic E-state index is 0.0920. The second-order valence-corrected chi connectivity index (χ2v) is 6.53. The maximum absolute atomic E-state index is 12.4. The largest absolute Gasteiger partial charge is 0.330 e. The molecule has 6 nitrogen and oxygen atoms in total. The molecular formula is C17H21ClN4O2. The third-order valence-electron chi connectivity index (χ3n) is 4.51. The minimum Gasteiger partial charge on any atom is -0.314 e. The molecule has 1 aromatic heterocycles. The van der Waals surface area contributed by atoms with Crippen molar-refractivity contribution in [1.29, 1.82) is 0 Å². The summed E-state index contributed by atoms with van der Waals surface area (Å²) < 4.78 is 2.60. The summed E-state index contributed by atoms with van der Waals surface area (Å²) in [5.41, 5.74) is 1.10. The summed E-state index contributed by atoms with van der Waals surface area (Å²) in [7, 11) is 3.17. The average Bonchev–Trinajstić information content (AvgIpc) is 2.59. The molecule has 2 heterocycles. The summed E-state index contributed by atoms with van der Waals surface area (Å²) in [6, 6.07) is 7.88. The average molecular weight is 349 g/mol. The third-order valence-corrected chi connectivity index (χ3v) is 4.85. The van der Waals surface area contributed by atoms with Gasteiger partial charge in [-0.15, -0.1) is 0 Å². The molecule has 3 rings (SSSR count). The van der Waals surface area contributed by atoms with Crippen LogP contribution in [-0.2, 0) is 20.6 Å². The van der Waals surface area contributed by atoms with Crippen LogP contribution in [0.2, 0.25) is 5.02 Å². The Labute approximate surface area is 145 Å². The van der Waals surface area contributed by atoms with Crippen molar-refractivity contribution in [2.45, 2.75) is 12.6 Å². The molecule has 1 aliphatic heterocycles. The maximum Gasteiger partial charge on any atom is 0.330 e. The Kier molecular flexibility index (Phi) is 4.89. The van der Waals surface area contributed by atoms with E-state index in [4.69, 9.17) is 11.6 Å². The lowest BCUT2D eigenvalue weighted by Gasteiger charge is -2.36. The zero-order valence-electron chi connectivity index (χ0n) is 13.8. The molecule has 1 fully saturated rings. The molecule has 1 unspecified atom stereocenters. The summed E-state index contributed by atoms with van der Waals surface area (Å²) >= 11 is 6.36. The van der Waals surface area contributed by atoms with Gasteiger partial charge in [0.05, 0.1) is 0 Å². The monoisotopic (exact) mass is 348 g/mol. The van der Waals surface area contributed by atoms with Gasteiger partial charge < -0.3 is 9.88 Å². The van der Waals surface area contributed by atoms with Gasteiger partial charge in [-0.05, 0) is 11.6 Å². The molecule has 2 aromatic rings. The van der Waals surface area contributed by atoms with Gasteiger partial charge in [-0.3, -0.25) is 14.3 Å². The lowest BCUT2D eigenvalue weighted by atomic mass is 10.0. The van der Waals surface area contributed by atoms with E-state index in [0.717, 1.165) is 34.8 Å². The smallest absolute Gasteiger partial charge is 0.314 e. The fraction of sp³-hybridized carbons (Fsp3) is 0.412. The van der Waals surface area contributed by atoms with Crippen LogP contribution in [0.3, 0.4) is 0 Å². The Morgan fingerprint density at radius 2 is 2.00 bits per heavy atom. The molecule has 0 bridgehead atoms. The number of nitrogens with one attached hydrogen (secondary N) is 1. The van der Waals surface area contributed by atoms with E-state index >= 15 is 0 Å². The fourth-order valence-corrected chi connectivity index (χ4v) is 3.46. The van der Waals surface area contributed by atoms with E-state index in [1.54, 1.807) is 13.2 Å². The van der Waals surface area contributed by atoms with Crippen molar-refractivity contribution in [3.8, 4) is 0 Å². The van der Waals surface area contributed by atoms with Gasteiger partial charge in [0.1, 0.15) is 0 Å². The number of aromatic nitrogens is 2. The highest BCUT2D eigenvalue weighted by molar-refractivity contribution is 6.31. The Hall–Kier alpha value is -1.89. The highest BCUT2D eigenvalue weighted by atomic mass is 35.5. The Morgan fingerprint density at radius 3 is 2.75 bits per heavy atom. The van der Waals surface area contributed by atoms with Gasteiger partial charge in [-0.2, -0.15) is 0 Å². The van der Waals surface area contributed by atoms with Crippen LogP contribution >= 0.6 is 11.6 Å². The molecule has 0 saturated carbocycles. The number of nitrogens with zero attached hydrogens (tertiary/aromatic N) is 3.